The summed E-state index contributed by atoms with van der Waals surface area (Å²) < 4.78 is 57.6. The van der Waals surface area contributed by atoms with Crippen LogP contribution in [0.2, 0.25) is 0 Å². The molecule has 0 aliphatic carbocycles. The van der Waals surface area contributed by atoms with Gasteiger partial charge in [-0.1, -0.05) is 0 Å². The number of nitrogens with zero attached hydrogens (tertiary/aromatic N) is 4. The molecule has 1 aliphatic rings. The van der Waals surface area contributed by atoms with Crippen molar-refractivity contribution < 1.29 is 27.1 Å². The summed E-state index contributed by atoms with van der Waals surface area (Å²) in [6.45, 7) is 0.609. The fourth-order valence-corrected chi connectivity index (χ4v) is 3.10. The number of benzene rings is 1. The summed E-state index contributed by atoms with van der Waals surface area (Å²) in [5.74, 6) is -1.63. The van der Waals surface area contributed by atoms with Crippen LogP contribution in [0.1, 0.15) is 15.9 Å². The van der Waals surface area contributed by atoms with Crippen molar-refractivity contribution in [3.63, 3.8) is 0 Å². The zero-order valence-electron chi connectivity index (χ0n) is 15.8. The molecule has 3 aromatic rings. The first-order chi connectivity index (χ1) is 14.8. The molecule has 1 aromatic carbocycles. The second kappa shape index (κ2) is 8.17. The molecular formula is C20H15F4N5O2. The number of aromatic nitrogens is 3. The largest absolute Gasteiger partial charge is 0.487 e. The molecule has 0 radical (unpaired) electrons. The summed E-state index contributed by atoms with van der Waals surface area (Å²) >= 11 is 0. The molecule has 0 atom stereocenters. The molecule has 7 nitrogen and oxygen atoms in total. The molecule has 1 amide bonds. The van der Waals surface area contributed by atoms with Gasteiger partial charge in [-0.25, -0.2) is 4.39 Å². The number of anilines is 2. The van der Waals surface area contributed by atoms with Gasteiger partial charge >= 0.3 is 6.18 Å². The van der Waals surface area contributed by atoms with Crippen molar-refractivity contribution in [1.82, 2.24) is 15.2 Å². The maximum atomic E-state index is 13.5. The van der Waals surface area contributed by atoms with Crippen LogP contribution < -0.4 is 15.0 Å². The first kappa shape index (κ1) is 20.5. The predicted molar refractivity (Wildman–Crippen MR) is 102 cm³/mol. The van der Waals surface area contributed by atoms with Crippen LogP contribution in [0.5, 0.6) is 5.75 Å². The lowest BCUT2D eigenvalue weighted by atomic mass is 10.1. The second-order valence-corrected chi connectivity index (χ2v) is 6.80. The fraction of sp³-hybridized carbons (Fsp3) is 0.200. The van der Waals surface area contributed by atoms with Gasteiger partial charge in [0.05, 0.1) is 48.0 Å². The van der Waals surface area contributed by atoms with Gasteiger partial charge in [-0.05, 0) is 24.3 Å². The van der Waals surface area contributed by atoms with Crippen LogP contribution in [-0.2, 0) is 6.18 Å². The fourth-order valence-electron chi connectivity index (χ4n) is 3.10. The number of hydrogen-bond donors (Lipinski definition) is 1. The minimum atomic E-state index is -4.67. The van der Waals surface area contributed by atoms with Crippen molar-refractivity contribution in [1.29, 1.82) is 0 Å². The topological polar surface area (TPSA) is 80.2 Å². The van der Waals surface area contributed by atoms with Crippen molar-refractivity contribution in [3.8, 4) is 5.75 Å². The SMILES string of the molecule is O=C(Nc1ccnnc1)c1cnccc1N1CC(Oc2cc(F)cc(C(F)(F)F)c2)C1. The van der Waals surface area contributed by atoms with Crippen molar-refractivity contribution in [2.75, 3.05) is 23.3 Å². The molecule has 2 aromatic heterocycles. The first-order valence-electron chi connectivity index (χ1n) is 9.11. The number of carbonyl (C=O) groups is 1. The highest BCUT2D eigenvalue weighted by Gasteiger charge is 2.34. The average molecular weight is 433 g/mol. The number of hydrogen-bond acceptors (Lipinski definition) is 6. The van der Waals surface area contributed by atoms with Gasteiger partial charge in [0.1, 0.15) is 17.7 Å². The molecule has 0 saturated carbocycles. The molecule has 1 aliphatic heterocycles. The summed E-state index contributed by atoms with van der Waals surface area (Å²) in [6, 6.07) is 5.33. The van der Waals surface area contributed by atoms with E-state index in [-0.39, 0.29) is 5.75 Å². The minimum Gasteiger partial charge on any atom is -0.487 e. The number of rotatable bonds is 5. The van der Waals surface area contributed by atoms with Gasteiger partial charge in [0, 0.05) is 18.5 Å². The van der Waals surface area contributed by atoms with Gasteiger partial charge in [-0.3, -0.25) is 9.78 Å². The second-order valence-electron chi connectivity index (χ2n) is 6.80. The van der Waals surface area contributed by atoms with Crippen LogP contribution in [0.15, 0.2) is 55.1 Å². The summed E-state index contributed by atoms with van der Waals surface area (Å²) in [7, 11) is 0. The Morgan fingerprint density at radius 3 is 2.61 bits per heavy atom. The molecule has 4 rings (SSSR count). The number of halogens is 4. The van der Waals surface area contributed by atoms with Crippen molar-refractivity contribution in [3.05, 3.63) is 72.1 Å². The highest BCUT2D eigenvalue weighted by Crippen LogP contribution is 2.34. The van der Waals surface area contributed by atoms with Crippen molar-refractivity contribution in [2.45, 2.75) is 12.3 Å². The Labute approximate surface area is 173 Å². The zero-order valence-corrected chi connectivity index (χ0v) is 15.8. The van der Waals surface area contributed by atoms with E-state index in [0.717, 1.165) is 12.1 Å². The van der Waals surface area contributed by atoms with E-state index < -0.39 is 29.6 Å². The van der Waals surface area contributed by atoms with E-state index in [9.17, 15) is 22.4 Å². The quantitative estimate of drug-likeness (QED) is 0.620. The first-order valence-corrected chi connectivity index (χ1v) is 9.11. The molecule has 0 spiro atoms. The van der Waals surface area contributed by atoms with Crippen LogP contribution in [-0.4, -0.2) is 40.3 Å². The minimum absolute atomic E-state index is 0.199. The van der Waals surface area contributed by atoms with Gasteiger partial charge in [0.15, 0.2) is 0 Å². The number of ether oxygens (including phenoxy) is 1. The molecule has 1 fully saturated rings. The summed E-state index contributed by atoms with van der Waals surface area (Å²) in [6.07, 6.45) is 0.640. The lowest BCUT2D eigenvalue weighted by Gasteiger charge is -2.41. The third-order valence-corrected chi connectivity index (χ3v) is 4.57. The lowest BCUT2D eigenvalue weighted by Crippen LogP contribution is -2.54. The number of pyridine rings is 1. The standard InChI is InChI=1S/C20H15F4N5O2/c21-13-5-12(20(22,23)24)6-15(7-13)31-16-10-29(11-16)18-2-3-25-9-17(18)19(30)28-14-1-4-26-27-8-14/h1-9,16H,10-11H2,(H,26,28,30). The smallest absolute Gasteiger partial charge is 0.416 e. The van der Waals surface area contributed by atoms with E-state index >= 15 is 0 Å². The lowest BCUT2D eigenvalue weighted by molar-refractivity contribution is -0.137. The summed E-state index contributed by atoms with van der Waals surface area (Å²) in [4.78, 5) is 18.4. The highest BCUT2D eigenvalue weighted by atomic mass is 19.4. The molecule has 160 valence electrons. The molecular weight excluding hydrogens is 418 g/mol. The van der Waals surface area contributed by atoms with Crippen LogP contribution in [0.25, 0.3) is 0 Å². The third-order valence-electron chi connectivity index (χ3n) is 4.57. The van der Waals surface area contributed by atoms with E-state index in [1.165, 1.54) is 24.8 Å². The molecule has 31 heavy (non-hydrogen) atoms. The number of alkyl halides is 3. The van der Waals surface area contributed by atoms with Crippen LogP contribution in [0, 0.1) is 5.82 Å². The van der Waals surface area contributed by atoms with Gasteiger partial charge in [0.2, 0.25) is 0 Å². The Hall–Kier alpha value is -3.76. The molecule has 1 saturated heterocycles. The van der Waals surface area contributed by atoms with Gasteiger partial charge in [0.25, 0.3) is 5.91 Å². The Bertz CT molecular complexity index is 1090. The summed E-state index contributed by atoms with van der Waals surface area (Å²) in [5.41, 5.74) is 0.246. The molecule has 0 unspecified atom stereocenters. The van der Waals surface area contributed by atoms with E-state index in [0.29, 0.717) is 36.1 Å². The molecule has 11 heteroatoms. The van der Waals surface area contributed by atoms with Crippen LogP contribution in [0.3, 0.4) is 0 Å². The van der Waals surface area contributed by atoms with E-state index in [1.54, 1.807) is 12.1 Å². The molecule has 3 heterocycles. The zero-order chi connectivity index (χ0) is 22.0. The number of carbonyl (C=O) groups excluding carboxylic acids is 1. The van der Waals surface area contributed by atoms with E-state index in [4.69, 9.17) is 4.74 Å². The maximum absolute atomic E-state index is 13.5. The Morgan fingerprint density at radius 2 is 1.90 bits per heavy atom. The Kier molecular flexibility index (Phi) is 5.40. The van der Waals surface area contributed by atoms with Gasteiger partial charge in [-0.2, -0.15) is 23.4 Å². The van der Waals surface area contributed by atoms with Crippen LogP contribution >= 0.6 is 0 Å². The van der Waals surface area contributed by atoms with Gasteiger partial charge < -0.3 is 15.0 Å². The normalized spacial score (nSPS) is 14.1. The number of nitrogens with one attached hydrogen (secondary N) is 1. The monoisotopic (exact) mass is 433 g/mol. The molecule has 1 N–H and O–H groups in total. The Morgan fingerprint density at radius 1 is 1.10 bits per heavy atom. The van der Waals surface area contributed by atoms with E-state index in [2.05, 4.69) is 20.5 Å². The van der Waals surface area contributed by atoms with Crippen molar-refractivity contribution in [2.24, 2.45) is 0 Å². The summed E-state index contributed by atoms with van der Waals surface area (Å²) in [5, 5.41) is 10.0. The Balaban J connectivity index is 1.43. The van der Waals surface area contributed by atoms with E-state index in [1.807, 2.05) is 4.90 Å². The number of amides is 1. The predicted octanol–water partition coefficient (Wildman–Crippen LogP) is 3.55. The highest BCUT2D eigenvalue weighted by molar-refractivity contribution is 6.07. The van der Waals surface area contributed by atoms with Gasteiger partial charge in [-0.15, -0.1) is 0 Å². The maximum Gasteiger partial charge on any atom is 0.416 e. The third kappa shape index (κ3) is 4.71. The van der Waals surface area contributed by atoms with Crippen molar-refractivity contribution >= 4 is 17.3 Å². The van der Waals surface area contributed by atoms with Crippen LogP contribution in [0.4, 0.5) is 28.9 Å². The average Bonchev–Trinajstić information content (AvgIpc) is 2.70. The molecule has 0 bridgehead atoms.